The highest BCUT2D eigenvalue weighted by molar-refractivity contribution is 5.81. The molecule has 98 valence electrons. The van der Waals surface area contributed by atoms with Crippen LogP contribution in [-0.4, -0.2) is 9.55 Å². The van der Waals surface area contributed by atoms with Crippen molar-refractivity contribution >= 4 is 11.0 Å². The van der Waals surface area contributed by atoms with E-state index in [0.717, 1.165) is 28.0 Å². The van der Waals surface area contributed by atoms with Gasteiger partial charge in [0.05, 0.1) is 23.5 Å². The van der Waals surface area contributed by atoms with Crippen molar-refractivity contribution < 1.29 is 4.39 Å². The minimum atomic E-state index is -0.260. The molecule has 3 nitrogen and oxygen atoms in total. The summed E-state index contributed by atoms with van der Waals surface area (Å²) in [6.07, 6.45) is 0.373. The lowest BCUT2D eigenvalue weighted by atomic mass is 10.1. The first-order valence-corrected chi connectivity index (χ1v) is 6.27. The molecule has 4 heteroatoms. The van der Waals surface area contributed by atoms with E-state index in [9.17, 15) is 4.39 Å². The Kier molecular flexibility index (Phi) is 2.96. The Morgan fingerprint density at radius 1 is 1.20 bits per heavy atom. The molecule has 0 spiro atoms. The van der Waals surface area contributed by atoms with Crippen LogP contribution in [0.5, 0.6) is 0 Å². The summed E-state index contributed by atoms with van der Waals surface area (Å²) in [7, 11) is 1.93. The molecule has 0 bridgehead atoms. The van der Waals surface area contributed by atoms with Gasteiger partial charge in [0.15, 0.2) is 0 Å². The molecule has 0 saturated carbocycles. The molecule has 1 aromatic heterocycles. The Balaban J connectivity index is 2.15. The van der Waals surface area contributed by atoms with Crippen LogP contribution in [0.2, 0.25) is 0 Å². The number of imidazole rings is 1. The van der Waals surface area contributed by atoms with Crippen LogP contribution in [-0.2, 0) is 13.5 Å². The van der Waals surface area contributed by atoms with Crippen LogP contribution < -0.4 is 0 Å². The summed E-state index contributed by atoms with van der Waals surface area (Å²) in [6.45, 7) is 0. The summed E-state index contributed by atoms with van der Waals surface area (Å²) in [5.41, 5.74) is 3.65. The molecule has 3 aromatic rings. The van der Waals surface area contributed by atoms with Crippen molar-refractivity contribution in [2.45, 2.75) is 6.42 Å². The predicted molar refractivity (Wildman–Crippen MR) is 75.4 cm³/mol. The zero-order valence-electron chi connectivity index (χ0n) is 11.0. The maximum Gasteiger partial charge on any atom is 0.140 e. The Labute approximate surface area is 115 Å². The standard InChI is InChI=1S/C16H12FN3/c1-20-15-7-2-11(8-9-18)10-14(15)19-16(20)12-3-5-13(17)6-4-12/h2-7,10H,8H2,1H3. The van der Waals surface area contributed by atoms with E-state index in [2.05, 4.69) is 11.1 Å². The summed E-state index contributed by atoms with van der Waals surface area (Å²) < 4.78 is 15.0. The van der Waals surface area contributed by atoms with Gasteiger partial charge in [0, 0.05) is 12.6 Å². The molecule has 0 aliphatic heterocycles. The van der Waals surface area contributed by atoms with E-state index in [0.29, 0.717) is 6.42 Å². The number of hydrogen-bond donors (Lipinski definition) is 0. The number of benzene rings is 2. The van der Waals surface area contributed by atoms with Crippen molar-refractivity contribution in [3.63, 3.8) is 0 Å². The smallest absolute Gasteiger partial charge is 0.140 e. The molecule has 0 saturated heterocycles. The van der Waals surface area contributed by atoms with Crippen molar-refractivity contribution in [1.82, 2.24) is 9.55 Å². The fourth-order valence-corrected chi connectivity index (χ4v) is 2.30. The number of hydrogen-bond acceptors (Lipinski definition) is 2. The molecule has 2 aromatic carbocycles. The molecule has 0 atom stereocenters. The van der Waals surface area contributed by atoms with Crippen LogP contribution in [0.25, 0.3) is 22.4 Å². The zero-order chi connectivity index (χ0) is 14.1. The second-order valence-corrected chi connectivity index (χ2v) is 4.66. The first-order valence-electron chi connectivity index (χ1n) is 6.27. The van der Waals surface area contributed by atoms with E-state index in [1.165, 1.54) is 12.1 Å². The molecule has 0 N–H and O–H groups in total. The van der Waals surface area contributed by atoms with E-state index in [1.54, 1.807) is 12.1 Å². The summed E-state index contributed by atoms with van der Waals surface area (Å²) in [5, 5.41) is 8.74. The van der Waals surface area contributed by atoms with Gasteiger partial charge in [-0.25, -0.2) is 9.37 Å². The molecule has 0 unspecified atom stereocenters. The fourth-order valence-electron chi connectivity index (χ4n) is 2.30. The summed E-state index contributed by atoms with van der Waals surface area (Å²) in [5.74, 6) is 0.526. The quantitative estimate of drug-likeness (QED) is 0.712. The summed E-state index contributed by atoms with van der Waals surface area (Å²) in [6, 6.07) is 14.2. The highest BCUT2D eigenvalue weighted by Gasteiger charge is 2.10. The van der Waals surface area contributed by atoms with Crippen molar-refractivity contribution in [2.24, 2.45) is 7.05 Å². The van der Waals surface area contributed by atoms with Gasteiger partial charge < -0.3 is 4.57 Å². The number of halogens is 1. The maximum absolute atomic E-state index is 13.0. The third kappa shape index (κ3) is 2.04. The SMILES string of the molecule is Cn1c(-c2ccc(F)cc2)nc2cc(CC#N)ccc21. The van der Waals surface area contributed by atoms with E-state index in [4.69, 9.17) is 5.26 Å². The Hall–Kier alpha value is -2.67. The predicted octanol–water partition coefficient (Wildman–Crippen LogP) is 3.45. The van der Waals surface area contributed by atoms with Gasteiger partial charge in [0.25, 0.3) is 0 Å². The second kappa shape index (κ2) is 4.78. The van der Waals surface area contributed by atoms with Crippen LogP contribution in [0.4, 0.5) is 4.39 Å². The lowest BCUT2D eigenvalue weighted by Gasteiger charge is -2.02. The Morgan fingerprint density at radius 2 is 1.95 bits per heavy atom. The highest BCUT2D eigenvalue weighted by Crippen LogP contribution is 2.24. The molecular weight excluding hydrogens is 253 g/mol. The number of fused-ring (bicyclic) bond motifs is 1. The first kappa shape index (κ1) is 12.4. The van der Waals surface area contributed by atoms with Gasteiger partial charge in [-0.15, -0.1) is 0 Å². The minimum absolute atomic E-state index is 0.260. The number of rotatable bonds is 2. The molecule has 20 heavy (non-hydrogen) atoms. The van der Waals surface area contributed by atoms with Crippen LogP contribution in [0.3, 0.4) is 0 Å². The largest absolute Gasteiger partial charge is 0.327 e. The summed E-state index contributed by atoms with van der Waals surface area (Å²) >= 11 is 0. The van der Waals surface area contributed by atoms with Gasteiger partial charge in [-0.05, 0) is 42.0 Å². The monoisotopic (exact) mass is 265 g/mol. The average molecular weight is 265 g/mol. The van der Waals surface area contributed by atoms with Gasteiger partial charge in [-0.3, -0.25) is 0 Å². The molecular formula is C16H12FN3. The van der Waals surface area contributed by atoms with Crippen molar-refractivity contribution in [3.05, 3.63) is 53.8 Å². The lowest BCUT2D eigenvalue weighted by molar-refractivity contribution is 0.628. The van der Waals surface area contributed by atoms with Crippen LogP contribution in [0.1, 0.15) is 5.56 Å². The van der Waals surface area contributed by atoms with Crippen LogP contribution in [0, 0.1) is 17.1 Å². The van der Waals surface area contributed by atoms with E-state index < -0.39 is 0 Å². The normalized spacial score (nSPS) is 10.7. The van der Waals surface area contributed by atoms with Gasteiger partial charge in [-0.2, -0.15) is 5.26 Å². The van der Waals surface area contributed by atoms with E-state index in [1.807, 2.05) is 29.8 Å². The van der Waals surface area contributed by atoms with Crippen LogP contribution in [0.15, 0.2) is 42.5 Å². The Bertz CT molecular complexity index is 810. The number of nitriles is 1. The molecule has 0 aliphatic carbocycles. The van der Waals surface area contributed by atoms with Crippen LogP contribution >= 0.6 is 0 Å². The topological polar surface area (TPSA) is 41.6 Å². The molecule has 0 aliphatic rings. The molecule has 3 rings (SSSR count). The number of aromatic nitrogens is 2. The third-order valence-corrected chi connectivity index (χ3v) is 3.33. The lowest BCUT2D eigenvalue weighted by Crippen LogP contribution is -1.92. The van der Waals surface area contributed by atoms with Gasteiger partial charge in [0.1, 0.15) is 11.6 Å². The Morgan fingerprint density at radius 3 is 2.65 bits per heavy atom. The summed E-state index contributed by atoms with van der Waals surface area (Å²) in [4.78, 5) is 4.59. The number of nitrogens with zero attached hydrogens (tertiary/aromatic N) is 3. The average Bonchev–Trinajstić information content (AvgIpc) is 2.77. The third-order valence-electron chi connectivity index (χ3n) is 3.33. The van der Waals surface area contributed by atoms with Crippen molar-refractivity contribution in [1.29, 1.82) is 5.26 Å². The number of aryl methyl sites for hydroxylation is 1. The highest BCUT2D eigenvalue weighted by atomic mass is 19.1. The maximum atomic E-state index is 13.0. The fraction of sp³-hybridized carbons (Fsp3) is 0.125. The molecule has 0 radical (unpaired) electrons. The molecule has 0 fully saturated rings. The van der Waals surface area contributed by atoms with E-state index >= 15 is 0 Å². The first-order chi connectivity index (χ1) is 9.69. The van der Waals surface area contributed by atoms with E-state index in [-0.39, 0.29) is 5.82 Å². The van der Waals surface area contributed by atoms with Crippen molar-refractivity contribution in [2.75, 3.05) is 0 Å². The molecule has 1 heterocycles. The van der Waals surface area contributed by atoms with Crippen molar-refractivity contribution in [3.8, 4) is 17.5 Å². The molecule has 0 amide bonds. The van der Waals surface area contributed by atoms with Gasteiger partial charge in [-0.1, -0.05) is 6.07 Å². The zero-order valence-corrected chi connectivity index (χ0v) is 11.0. The minimum Gasteiger partial charge on any atom is -0.327 e. The second-order valence-electron chi connectivity index (χ2n) is 4.66. The van der Waals surface area contributed by atoms with Gasteiger partial charge in [0.2, 0.25) is 0 Å². The van der Waals surface area contributed by atoms with Gasteiger partial charge >= 0.3 is 0 Å².